The highest BCUT2D eigenvalue weighted by atomic mass is 35.5. The number of aryl methyl sites for hydroxylation is 1. The Bertz CT molecular complexity index is 481. The molecule has 2 rings (SSSR count). The van der Waals surface area contributed by atoms with E-state index >= 15 is 0 Å². The molecular formula is C12H13ClN2S. The number of nitrogens with two attached hydrogens (primary N) is 1. The number of thiophene rings is 1. The van der Waals surface area contributed by atoms with Crippen molar-refractivity contribution in [1.29, 1.82) is 0 Å². The van der Waals surface area contributed by atoms with Gasteiger partial charge in [0.2, 0.25) is 0 Å². The first kappa shape index (κ1) is 11.6. The zero-order chi connectivity index (χ0) is 11.5. The Morgan fingerprint density at radius 3 is 2.88 bits per heavy atom. The van der Waals surface area contributed by atoms with Crippen LogP contribution in [0.4, 0.5) is 0 Å². The van der Waals surface area contributed by atoms with Crippen molar-refractivity contribution < 1.29 is 0 Å². The topological polar surface area (TPSA) is 38.9 Å². The van der Waals surface area contributed by atoms with E-state index in [1.807, 2.05) is 31.2 Å². The third-order valence-electron chi connectivity index (χ3n) is 2.50. The van der Waals surface area contributed by atoms with Crippen LogP contribution in [0.5, 0.6) is 0 Å². The van der Waals surface area contributed by atoms with E-state index in [2.05, 4.69) is 4.98 Å². The molecule has 0 aliphatic heterocycles. The molecule has 2 N–H and O–H groups in total. The van der Waals surface area contributed by atoms with Crippen molar-refractivity contribution in [3.63, 3.8) is 0 Å². The number of halogens is 1. The maximum atomic E-state index is 6.16. The third-order valence-corrected chi connectivity index (χ3v) is 3.75. The number of hydrogen-bond donors (Lipinski definition) is 1. The van der Waals surface area contributed by atoms with Gasteiger partial charge in [-0.1, -0.05) is 17.7 Å². The van der Waals surface area contributed by atoms with Gasteiger partial charge in [0.25, 0.3) is 0 Å². The molecule has 2 nitrogen and oxygen atoms in total. The van der Waals surface area contributed by atoms with Crippen molar-refractivity contribution >= 4 is 22.9 Å². The Kier molecular flexibility index (Phi) is 3.59. The van der Waals surface area contributed by atoms with E-state index in [0.717, 1.165) is 22.0 Å². The van der Waals surface area contributed by atoms with Gasteiger partial charge in [-0.05, 0) is 30.7 Å². The van der Waals surface area contributed by atoms with Crippen LogP contribution in [0.2, 0.25) is 4.34 Å². The van der Waals surface area contributed by atoms with Crippen molar-refractivity contribution in [2.24, 2.45) is 5.73 Å². The molecule has 4 heteroatoms. The summed E-state index contributed by atoms with van der Waals surface area (Å²) in [6.07, 6.45) is 2.59. The lowest BCUT2D eigenvalue weighted by atomic mass is 10.0. The number of nitrogens with zero attached hydrogens (tertiary/aromatic N) is 1. The van der Waals surface area contributed by atoms with E-state index in [1.54, 1.807) is 17.5 Å². The number of rotatable bonds is 3. The second-order valence-corrected chi connectivity index (χ2v) is 5.49. The van der Waals surface area contributed by atoms with Gasteiger partial charge in [-0.25, -0.2) is 0 Å². The zero-order valence-corrected chi connectivity index (χ0v) is 10.6. The maximum Gasteiger partial charge on any atom is 0.0931 e. The summed E-state index contributed by atoms with van der Waals surface area (Å²) >= 11 is 7.47. The monoisotopic (exact) mass is 252 g/mol. The molecule has 0 fully saturated rings. The molecule has 0 aliphatic rings. The van der Waals surface area contributed by atoms with Crippen molar-refractivity contribution in [3.05, 3.63) is 50.9 Å². The summed E-state index contributed by atoms with van der Waals surface area (Å²) in [6, 6.07) is 7.87. The fraction of sp³-hybridized carbons (Fsp3) is 0.250. The number of hydrogen-bond acceptors (Lipinski definition) is 3. The van der Waals surface area contributed by atoms with Crippen molar-refractivity contribution in [1.82, 2.24) is 4.98 Å². The number of pyridine rings is 1. The maximum absolute atomic E-state index is 6.16. The summed E-state index contributed by atoms with van der Waals surface area (Å²) in [5, 5.41) is 0. The van der Waals surface area contributed by atoms with Crippen LogP contribution in [0.3, 0.4) is 0 Å². The SMILES string of the molecule is Cc1ncccc1C(N)Cc1ccc(Cl)s1. The molecule has 16 heavy (non-hydrogen) atoms. The Morgan fingerprint density at radius 2 is 2.25 bits per heavy atom. The van der Waals surface area contributed by atoms with Crippen LogP contribution in [0.15, 0.2) is 30.5 Å². The lowest BCUT2D eigenvalue weighted by Crippen LogP contribution is -2.14. The molecule has 1 unspecified atom stereocenters. The lowest BCUT2D eigenvalue weighted by molar-refractivity contribution is 0.718. The highest BCUT2D eigenvalue weighted by Gasteiger charge is 2.11. The average Bonchev–Trinajstić information content (AvgIpc) is 2.64. The first-order chi connectivity index (χ1) is 7.66. The van der Waals surface area contributed by atoms with Crippen LogP contribution in [-0.2, 0) is 6.42 Å². The van der Waals surface area contributed by atoms with Gasteiger partial charge in [0.05, 0.1) is 4.34 Å². The highest BCUT2D eigenvalue weighted by Crippen LogP contribution is 2.26. The minimum atomic E-state index is -0.0107. The molecule has 1 atom stereocenters. The van der Waals surface area contributed by atoms with Gasteiger partial charge in [0, 0.05) is 29.2 Å². The summed E-state index contributed by atoms with van der Waals surface area (Å²) in [5.41, 5.74) is 8.26. The van der Waals surface area contributed by atoms with E-state index < -0.39 is 0 Å². The molecule has 0 amide bonds. The molecule has 0 aliphatic carbocycles. The quantitative estimate of drug-likeness (QED) is 0.910. The molecule has 2 heterocycles. The van der Waals surface area contributed by atoms with Gasteiger partial charge in [-0.2, -0.15) is 0 Å². The van der Waals surface area contributed by atoms with E-state index in [4.69, 9.17) is 17.3 Å². The minimum absolute atomic E-state index is 0.0107. The van der Waals surface area contributed by atoms with Crippen LogP contribution >= 0.6 is 22.9 Å². The second kappa shape index (κ2) is 4.95. The van der Waals surface area contributed by atoms with Crippen LogP contribution in [0.25, 0.3) is 0 Å². The molecule has 0 bridgehead atoms. The Labute approximate surface area is 104 Å². The molecule has 0 aromatic carbocycles. The third kappa shape index (κ3) is 2.61. The second-order valence-electron chi connectivity index (χ2n) is 3.69. The van der Waals surface area contributed by atoms with Crippen molar-refractivity contribution in [2.75, 3.05) is 0 Å². The predicted octanol–water partition coefficient (Wildman–Crippen LogP) is 3.35. The summed E-state index contributed by atoms with van der Waals surface area (Å²) < 4.78 is 0.810. The van der Waals surface area contributed by atoms with Crippen molar-refractivity contribution in [2.45, 2.75) is 19.4 Å². The van der Waals surface area contributed by atoms with Crippen LogP contribution in [0.1, 0.15) is 22.2 Å². The van der Waals surface area contributed by atoms with E-state index in [1.165, 1.54) is 4.88 Å². The normalized spacial score (nSPS) is 12.7. The Hall–Kier alpha value is -0.900. The molecule has 0 saturated carbocycles. The predicted molar refractivity (Wildman–Crippen MR) is 68.9 cm³/mol. The van der Waals surface area contributed by atoms with E-state index in [0.29, 0.717) is 0 Å². The summed E-state index contributed by atoms with van der Waals surface area (Å²) in [6.45, 7) is 1.98. The largest absolute Gasteiger partial charge is 0.324 e. The van der Waals surface area contributed by atoms with E-state index in [-0.39, 0.29) is 6.04 Å². The van der Waals surface area contributed by atoms with Crippen molar-refractivity contribution in [3.8, 4) is 0 Å². The minimum Gasteiger partial charge on any atom is -0.324 e. The van der Waals surface area contributed by atoms with Gasteiger partial charge in [0.15, 0.2) is 0 Å². The molecule has 0 saturated heterocycles. The molecule has 0 radical (unpaired) electrons. The summed E-state index contributed by atoms with van der Waals surface area (Å²) in [5.74, 6) is 0. The molecule has 84 valence electrons. The van der Waals surface area contributed by atoms with Gasteiger partial charge >= 0.3 is 0 Å². The molecule has 2 aromatic rings. The average molecular weight is 253 g/mol. The van der Waals surface area contributed by atoms with E-state index in [9.17, 15) is 0 Å². The van der Waals surface area contributed by atoms with Crippen LogP contribution in [-0.4, -0.2) is 4.98 Å². The lowest BCUT2D eigenvalue weighted by Gasteiger charge is -2.12. The Morgan fingerprint density at radius 1 is 1.44 bits per heavy atom. The van der Waals surface area contributed by atoms with Gasteiger partial charge in [-0.3, -0.25) is 4.98 Å². The van der Waals surface area contributed by atoms with Crippen LogP contribution in [0, 0.1) is 6.92 Å². The van der Waals surface area contributed by atoms with Gasteiger partial charge in [-0.15, -0.1) is 11.3 Å². The zero-order valence-electron chi connectivity index (χ0n) is 8.98. The fourth-order valence-electron chi connectivity index (χ4n) is 1.68. The smallest absolute Gasteiger partial charge is 0.0931 e. The molecule has 2 aromatic heterocycles. The van der Waals surface area contributed by atoms with Gasteiger partial charge in [0.1, 0.15) is 0 Å². The molecular weight excluding hydrogens is 240 g/mol. The summed E-state index contributed by atoms with van der Waals surface area (Å²) in [4.78, 5) is 5.45. The first-order valence-electron chi connectivity index (χ1n) is 5.08. The first-order valence-corrected chi connectivity index (χ1v) is 6.27. The fourth-order valence-corrected chi connectivity index (χ4v) is 2.82. The Balaban J connectivity index is 2.14. The van der Waals surface area contributed by atoms with Gasteiger partial charge < -0.3 is 5.73 Å². The number of aromatic nitrogens is 1. The van der Waals surface area contributed by atoms with Crippen LogP contribution < -0.4 is 5.73 Å². The highest BCUT2D eigenvalue weighted by molar-refractivity contribution is 7.16. The standard InChI is InChI=1S/C12H13ClN2S/c1-8-10(3-2-6-15-8)11(14)7-9-4-5-12(13)16-9/h2-6,11H,7,14H2,1H3. The molecule has 0 spiro atoms. The summed E-state index contributed by atoms with van der Waals surface area (Å²) in [7, 11) is 0.